The van der Waals surface area contributed by atoms with Crippen molar-refractivity contribution < 1.29 is 14.0 Å². The van der Waals surface area contributed by atoms with Crippen LogP contribution in [0.1, 0.15) is 44.3 Å². The highest BCUT2D eigenvalue weighted by Crippen LogP contribution is 2.36. The van der Waals surface area contributed by atoms with Crippen LogP contribution in [0.2, 0.25) is 0 Å². The topological polar surface area (TPSA) is 95.2 Å². The minimum Gasteiger partial charge on any atom is -0.338 e. The summed E-state index contributed by atoms with van der Waals surface area (Å²) in [5.74, 6) is -0.834. The molecule has 2 bridgehead atoms. The molecule has 1 N–H and O–H groups in total. The van der Waals surface area contributed by atoms with Crippen molar-refractivity contribution in [1.29, 1.82) is 5.26 Å². The zero-order valence-electron chi connectivity index (χ0n) is 18.2. The summed E-state index contributed by atoms with van der Waals surface area (Å²) < 4.78 is 14.9. The van der Waals surface area contributed by atoms with Crippen LogP contribution in [0.5, 0.6) is 0 Å². The molecule has 3 aromatic rings. The molecule has 2 aliphatic heterocycles. The third kappa shape index (κ3) is 3.97. The summed E-state index contributed by atoms with van der Waals surface area (Å²) in [5, 5.41) is 11.6. The van der Waals surface area contributed by atoms with Gasteiger partial charge in [0.05, 0.1) is 11.6 Å². The fourth-order valence-electron chi connectivity index (χ4n) is 4.87. The Morgan fingerprint density at radius 3 is 2.35 bits per heavy atom. The molecular formula is C26H21FN4O3. The molecule has 2 amide bonds. The van der Waals surface area contributed by atoms with Crippen LogP contribution < -0.4 is 10.9 Å². The van der Waals surface area contributed by atoms with Gasteiger partial charge in [0, 0.05) is 42.4 Å². The third-order valence-electron chi connectivity index (χ3n) is 6.51. The summed E-state index contributed by atoms with van der Waals surface area (Å²) in [6, 6.07) is 17.2. The molecule has 0 unspecified atom stereocenters. The summed E-state index contributed by atoms with van der Waals surface area (Å²) in [7, 11) is 0. The molecule has 0 saturated carbocycles. The van der Waals surface area contributed by atoms with E-state index in [-0.39, 0.29) is 34.8 Å². The number of nitriles is 1. The molecule has 0 aliphatic carbocycles. The third-order valence-corrected chi connectivity index (χ3v) is 6.51. The molecule has 34 heavy (non-hydrogen) atoms. The van der Waals surface area contributed by atoms with Crippen molar-refractivity contribution in [2.75, 3.05) is 18.4 Å². The van der Waals surface area contributed by atoms with Crippen molar-refractivity contribution in [1.82, 2.24) is 9.47 Å². The van der Waals surface area contributed by atoms with Crippen molar-refractivity contribution in [3.63, 3.8) is 0 Å². The standard InChI is InChI=1S/C26H21FN4O3/c27-21-7-5-19(6-8-21)25(33)30-13-17-11-20(15-30)23-10-9-22(26(34)31(23)14-17)29-24(32)18-3-1-16(12-28)2-4-18/h1-10,17,20H,11,13-15H2,(H,29,32)/t17-,20-/m1/s1. The summed E-state index contributed by atoms with van der Waals surface area (Å²) in [6.07, 6.45) is 0.879. The van der Waals surface area contributed by atoms with Gasteiger partial charge in [-0.25, -0.2) is 4.39 Å². The van der Waals surface area contributed by atoms with Crippen molar-refractivity contribution in [3.05, 3.63) is 99.2 Å². The normalized spacial score (nSPS) is 18.5. The number of amides is 2. The quantitative estimate of drug-likeness (QED) is 0.654. The van der Waals surface area contributed by atoms with Crippen LogP contribution in [0.25, 0.3) is 0 Å². The monoisotopic (exact) mass is 456 g/mol. The van der Waals surface area contributed by atoms with Gasteiger partial charge in [-0.3, -0.25) is 14.4 Å². The van der Waals surface area contributed by atoms with Gasteiger partial charge in [0.25, 0.3) is 17.4 Å². The first-order valence-corrected chi connectivity index (χ1v) is 11.0. The number of pyridine rings is 1. The number of piperidine rings is 1. The lowest BCUT2D eigenvalue weighted by molar-refractivity contribution is 0.0594. The molecule has 0 spiro atoms. The number of benzene rings is 2. The Morgan fingerprint density at radius 2 is 1.65 bits per heavy atom. The van der Waals surface area contributed by atoms with E-state index < -0.39 is 5.91 Å². The molecule has 1 aromatic heterocycles. The van der Waals surface area contributed by atoms with E-state index in [1.165, 1.54) is 24.3 Å². The molecule has 8 heteroatoms. The molecule has 2 atom stereocenters. The molecule has 1 fully saturated rings. The van der Waals surface area contributed by atoms with E-state index in [0.717, 1.165) is 12.1 Å². The molecule has 2 aliphatic rings. The Bertz CT molecular complexity index is 1370. The summed E-state index contributed by atoms with van der Waals surface area (Å²) in [5.41, 5.74) is 2.01. The zero-order chi connectivity index (χ0) is 23.8. The van der Waals surface area contributed by atoms with Crippen LogP contribution in [-0.2, 0) is 6.54 Å². The van der Waals surface area contributed by atoms with Gasteiger partial charge >= 0.3 is 0 Å². The maximum atomic E-state index is 13.2. The van der Waals surface area contributed by atoms with Gasteiger partial charge in [0.15, 0.2) is 0 Å². The Hall–Kier alpha value is -4.25. The molecule has 170 valence electrons. The number of anilines is 1. The van der Waals surface area contributed by atoms with E-state index in [1.54, 1.807) is 39.8 Å². The molecule has 5 rings (SSSR count). The van der Waals surface area contributed by atoms with Crippen molar-refractivity contribution >= 4 is 17.5 Å². The van der Waals surface area contributed by atoms with E-state index in [1.807, 2.05) is 12.1 Å². The Morgan fingerprint density at radius 1 is 0.941 bits per heavy atom. The minimum atomic E-state index is -0.422. The van der Waals surface area contributed by atoms with E-state index in [2.05, 4.69) is 5.32 Å². The maximum absolute atomic E-state index is 13.2. The van der Waals surface area contributed by atoms with Crippen molar-refractivity contribution in [2.45, 2.75) is 18.9 Å². The second-order valence-electron chi connectivity index (χ2n) is 8.75. The summed E-state index contributed by atoms with van der Waals surface area (Å²) >= 11 is 0. The number of likely N-dealkylation sites (tertiary alicyclic amines) is 1. The Balaban J connectivity index is 1.36. The molecule has 7 nitrogen and oxygen atoms in total. The number of aromatic nitrogens is 1. The smallest absolute Gasteiger partial charge is 0.274 e. The number of nitrogens with one attached hydrogen (secondary N) is 1. The fraction of sp³-hybridized carbons (Fsp3) is 0.231. The lowest BCUT2D eigenvalue weighted by Gasteiger charge is -2.43. The number of hydrogen-bond acceptors (Lipinski definition) is 4. The highest BCUT2D eigenvalue weighted by Gasteiger charge is 2.37. The number of halogens is 1. The first kappa shape index (κ1) is 21.6. The van der Waals surface area contributed by atoms with Crippen LogP contribution >= 0.6 is 0 Å². The van der Waals surface area contributed by atoms with E-state index in [9.17, 15) is 18.8 Å². The maximum Gasteiger partial charge on any atom is 0.274 e. The van der Waals surface area contributed by atoms with Crippen LogP contribution in [0, 0.1) is 23.1 Å². The van der Waals surface area contributed by atoms with Crippen LogP contribution in [0.3, 0.4) is 0 Å². The van der Waals surface area contributed by atoms with Gasteiger partial charge in [-0.2, -0.15) is 5.26 Å². The first-order chi connectivity index (χ1) is 16.4. The highest BCUT2D eigenvalue weighted by atomic mass is 19.1. The second kappa shape index (κ2) is 8.60. The molecule has 0 radical (unpaired) electrons. The number of nitrogens with zero attached hydrogens (tertiary/aromatic N) is 3. The Labute approximate surface area is 195 Å². The summed E-state index contributed by atoms with van der Waals surface area (Å²) in [4.78, 5) is 40.5. The SMILES string of the molecule is N#Cc1ccc(C(=O)Nc2ccc3n(c2=O)C[C@@H]2C[C@@H]3CN(C(=O)c3ccc(F)cc3)C2)cc1. The van der Waals surface area contributed by atoms with Gasteiger partial charge in [-0.1, -0.05) is 0 Å². The minimum absolute atomic E-state index is 0.00729. The van der Waals surface area contributed by atoms with E-state index in [4.69, 9.17) is 5.26 Å². The number of carbonyl (C=O) groups is 2. The lowest BCUT2D eigenvalue weighted by Crippen LogP contribution is -2.49. The Kier molecular flexibility index (Phi) is 5.46. The van der Waals surface area contributed by atoms with Gasteiger partial charge < -0.3 is 14.8 Å². The van der Waals surface area contributed by atoms with Crippen molar-refractivity contribution in [3.8, 4) is 6.07 Å². The van der Waals surface area contributed by atoms with Gasteiger partial charge in [-0.05, 0) is 73.0 Å². The largest absolute Gasteiger partial charge is 0.338 e. The summed E-state index contributed by atoms with van der Waals surface area (Å²) in [6.45, 7) is 1.45. The average Bonchev–Trinajstić information content (AvgIpc) is 2.86. The molecule has 3 heterocycles. The fourth-order valence-corrected chi connectivity index (χ4v) is 4.87. The number of rotatable bonds is 3. The van der Waals surface area contributed by atoms with Crippen molar-refractivity contribution in [2.24, 2.45) is 5.92 Å². The van der Waals surface area contributed by atoms with Gasteiger partial charge in [0.1, 0.15) is 11.5 Å². The van der Waals surface area contributed by atoms with Crippen LogP contribution in [-0.4, -0.2) is 34.4 Å². The van der Waals surface area contributed by atoms with Gasteiger partial charge in [0.2, 0.25) is 0 Å². The predicted octanol–water partition coefficient (Wildman–Crippen LogP) is 3.37. The van der Waals surface area contributed by atoms with E-state index in [0.29, 0.717) is 36.3 Å². The number of carbonyl (C=O) groups excluding carboxylic acids is 2. The first-order valence-electron chi connectivity index (χ1n) is 11.0. The number of fused-ring (bicyclic) bond motifs is 4. The van der Waals surface area contributed by atoms with E-state index >= 15 is 0 Å². The average molecular weight is 456 g/mol. The highest BCUT2D eigenvalue weighted by molar-refractivity contribution is 6.04. The van der Waals surface area contributed by atoms with Gasteiger partial charge in [-0.15, -0.1) is 0 Å². The zero-order valence-corrected chi connectivity index (χ0v) is 18.2. The molecule has 1 saturated heterocycles. The lowest BCUT2D eigenvalue weighted by atomic mass is 9.83. The predicted molar refractivity (Wildman–Crippen MR) is 123 cm³/mol. The number of hydrogen-bond donors (Lipinski definition) is 1. The van der Waals surface area contributed by atoms with Crippen LogP contribution in [0.4, 0.5) is 10.1 Å². The van der Waals surface area contributed by atoms with Crippen LogP contribution in [0.15, 0.2) is 65.5 Å². The molecular weight excluding hydrogens is 435 g/mol. The second-order valence-corrected chi connectivity index (χ2v) is 8.75. The molecule has 2 aromatic carbocycles.